The molecule has 0 spiro atoms. The number of pyridine rings is 1. The molecule has 0 bridgehead atoms. The molecule has 3 rings (SSSR count). The maximum atomic E-state index is 12.4. The molecule has 1 aromatic carbocycles. The van der Waals surface area contributed by atoms with Gasteiger partial charge >= 0.3 is 0 Å². The van der Waals surface area contributed by atoms with Crippen LogP contribution in [0.2, 0.25) is 0 Å². The molecular formula is C15H15N3O2. The minimum atomic E-state index is -0.182. The molecule has 0 saturated carbocycles. The predicted molar refractivity (Wildman–Crippen MR) is 75.2 cm³/mol. The van der Waals surface area contributed by atoms with Crippen molar-refractivity contribution in [1.82, 2.24) is 9.88 Å². The third-order valence-electron chi connectivity index (χ3n) is 3.56. The van der Waals surface area contributed by atoms with E-state index in [-0.39, 0.29) is 17.2 Å². The van der Waals surface area contributed by atoms with Gasteiger partial charge in [-0.3, -0.25) is 9.78 Å². The number of anilines is 1. The van der Waals surface area contributed by atoms with Gasteiger partial charge in [-0.05, 0) is 35.7 Å². The lowest BCUT2D eigenvalue weighted by atomic mass is 9.98. The Hall–Kier alpha value is -2.56. The van der Waals surface area contributed by atoms with E-state index in [2.05, 4.69) is 4.98 Å². The van der Waals surface area contributed by atoms with Gasteiger partial charge in [0.1, 0.15) is 5.75 Å². The Balaban J connectivity index is 1.87. The number of nitrogens with two attached hydrogens (primary N) is 1. The van der Waals surface area contributed by atoms with E-state index in [1.807, 2.05) is 18.2 Å². The Morgan fingerprint density at radius 3 is 2.95 bits per heavy atom. The van der Waals surface area contributed by atoms with Crippen molar-refractivity contribution in [1.29, 1.82) is 0 Å². The minimum Gasteiger partial charge on any atom is -0.505 e. The van der Waals surface area contributed by atoms with Gasteiger partial charge in [0, 0.05) is 25.0 Å². The van der Waals surface area contributed by atoms with Gasteiger partial charge in [-0.15, -0.1) is 0 Å². The van der Waals surface area contributed by atoms with E-state index >= 15 is 0 Å². The quantitative estimate of drug-likeness (QED) is 0.770. The summed E-state index contributed by atoms with van der Waals surface area (Å²) >= 11 is 0. The molecule has 0 aliphatic carbocycles. The smallest absolute Gasteiger partial charge is 0.258 e. The van der Waals surface area contributed by atoms with Gasteiger partial charge in [0.05, 0.1) is 11.8 Å². The fourth-order valence-electron chi connectivity index (χ4n) is 2.49. The summed E-state index contributed by atoms with van der Waals surface area (Å²) in [6.07, 6.45) is 3.58. The monoisotopic (exact) mass is 269 g/mol. The normalized spacial score (nSPS) is 13.9. The average molecular weight is 269 g/mol. The van der Waals surface area contributed by atoms with Crippen molar-refractivity contribution in [2.75, 3.05) is 12.3 Å². The molecule has 3 N–H and O–H groups in total. The summed E-state index contributed by atoms with van der Waals surface area (Å²) in [6, 6.07) is 7.33. The fourth-order valence-corrected chi connectivity index (χ4v) is 2.49. The highest BCUT2D eigenvalue weighted by Crippen LogP contribution is 2.24. The Kier molecular flexibility index (Phi) is 3.02. The molecule has 0 saturated heterocycles. The Bertz CT molecular complexity index is 670. The van der Waals surface area contributed by atoms with E-state index in [9.17, 15) is 9.90 Å². The van der Waals surface area contributed by atoms with Gasteiger partial charge in [0.25, 0.3) is 5.91 Å². The van der Waals surface area contributed by atoms with Crippen LogP contribution < -0.4 is 5.73 Å². The molecular weight excluding hydrogens is 254 g/mol. The van der Waals surface area contributed by atoms with Crippen molar-refractivity contribution in [3.05, 3.63) is 53.3 Å². The fraction of sp³-hybridized carbons (Fsp3) is 0.200. The lowest BCUT2D eigenvalue weighted by Crippen LogP contribution is -2.36. The predicted octanol–water partition coefficient (Wildman–Crippen LogP) is 1.57. The first-order valence-corrected chi connectivity index (χ1v) is 6.44. The molecule has 2 aromatic rings. The van der Waals surface area contributed by atoms with Crippen molar-refractivity contribution in [3.8, 4) is 5.75 Å². The van der Waals surface area contributed by atoms with Gasteiger partial charge < -0.3 is 15.7 Å². The zero-order chi connectivity index (χ0) is 14.1. The van der Waals surface area contributed by atoms with Gasteiger partial charge in [-0.1, -0.05) is 6.07 Å². The number of hydrogen-bond acceptors (Lipinski definition) is 4. The van der Waals surface area contributed by atoms with Gasteiger partial charge in [-0.2, -0.15) is 0 Å². The van der Waals surface area contributed by atoms with Crippen LogP contribution in [0.3, 0.4) is 0 Å². The zero-order valence-electron chi connectivity index (χ0n) is 10.9. The zero-order valence-corrected chi connectivity index (χ0v) is 10.9. The average Bonchev–Trinajstić information content (AvgIpc) is 2.46. The van der Waals surface area contributed by atoms with E-state index in [0.717, 1.165) is 12.0 Å². The summed E-state index contributed by atoms with van der Waals surface area (Å²) in [5, 5.41) is 9.72. The van der Waals surface area contributed by atoms with Crippen LogP contribution in [0.1, 0.15) is 21.5 Å². The van der Waals surface area contributed by atoms with Crippen LogP contribution in [-0.4, -0.2) is 27.4 Å². The number of hydrogen-bond donors (Lipinski definition) is 2. The number of rotatable bonds is 1. The lowest BCUT2D eigenvalue weighted by Gasteiger charge is -2.29. The van der Waals surface area contributed by atoms with Crippen LogP contribution >= 0.6 is 0 Å². The molecule has 1 aliphatic heterocycles. The van der Waals surface area contributed by atoms with Crippen molar-refractivity contribution in [2.45, 2.75) is 13.0 Å². The van der Waals surface area contributed by atoms with E-state index in [0.29, 0.717) is 18.8 Å². The summed E-state index contributed by atoms with van der Waals surface area (Å²) in [5.74, 6) is -0.270. The van der Waals surface area contributed by atoms with Crippen LogP contribution in [0.5, 0.6) is 5.75 Å². The molecule has 0 unspecified atom stereocenters. The number of aromatic nitrogens is 1. The van der Waals surface area contributed by atoms with Crippen LogP contribution in [-0.2, 0) is 13.0 Å². The first kappa shape index (κ1) is 12.5. The molecule has 0 fully saturated rings. The highest BCUT2D eigenvalue weighted by atomic mass is 16.3. The minimum absolute atomic E-state index is 0.0872. The molecule has 0 radical (unpaired) electrons. The van der Waals surface area contributed by atoms with Gasteiger partial charge in [-0.25, -0.2) is 0 Å². The molecule has 5 heteroatoms. The van der Waals surface area contributed by atoms with E-state index in [1.54, 1.807) is 4.90 Å². The second kappa shape index (κ2) is 4.85. The van der Waals surface area contributed by atoms with Gasteiger partial charge in [0.15, 0.2) is 0 Å². The van der Waals surface area contributed by atoms with Crippen molar-refractivity contribution in [2.24, 2.45) is 0 Å². The summed E-state index contributed by atoms with van der Waals surface area (Å²) < 4.78 is 0. The SMILES string of the molecule is Nc1ccc2c(c1)CN(C(=O)c1ccncc1O)CC2. The number of aromatic hydroxyl groups is 1. The number of benzene rings is 1. The first-order chi connectivity index (χ1) is 9.65. The number of nitrogen functional groups attached to an aromatic ring is 1. The van der Waals surface area contributed by atoms with E-state index in [4.69, 9.17) is 5.73 Å². The number of carbonyl (C=O) groups is 1. The van der Waals surface area contributed by atoms with Crippen LogP contribution in [0, 0.1) is 0 Å². The number of fused-ring (bicyclic) bond motifs is 1. The largest absolute Gasteiger partial charge is 0.505 e. The van der Waals surface area contributed by atoms with Crippen molar-refractivity contribution in [3.63, 3.8) is 0 Å². The van der Waals surface area contributed by atoms with Crippen LogP contribution in [0.4, 0.5) is 5.69 Å². The Morgan fingerprint density at radius 2 is 2.15 bits per heavy atom. The summed E-state index contributed by atoms with van der Waals surface area (Å²) in [5.41, 5.74) is 9.06. The van der Waals surface area contributed by atoms with Crippen molar-refractivity contribution >= 4 is 11.6 Å². The Labute approximate surface area is 116 Å². The summed E-state index contributed by atoms with van der Waals surface area (Å²) in [7, 11) is 0. The number of amides is 1. The molecule has 0 atom stereocenters. The molecule has 5 nitrogen and oxygen atoms in total. The third kappa shape index (κ3) is 2.18. The maximum Gasteiger partial charge on any atom is 0.258 e. The highest BCUT2D eigenvalue weighted by Gasteiger charge is 2.23. The molecule has 20 heavy (non-hydrogen) atoms. The molecule has 102 valence electrons. The van der Waals surface area contributed by atoms with Crippen molar-refractivity contribution < 1.29 is 9.90 Å². The molecule has 1 amide bonds. The first-order valence-electron chi connectivity index (χ1n) is 6.44. The third-order valence-corrected chi connectivity index (χ3v) is 3.56. The molecule has 1 aliphatic rings. The Morgan fingerprint density at radius 1 is 1.30 bits per heavy atom. The van der Waals surface area contributed by atoms with E-state index < -0.39 is 0 Å². The van der Waals surface area contributed by atoms with E-state index in [1.165, 1.54) is 24.0 Å². The van der Waals surface area contributed by atoms with Crippen LogP contribution in [0.25, 0.3) is 0 Å². The summed E-state index contributed by atoms with van der Waals surface area (Å²) in [6.45, 7) is 1.15. The number of carbonyl (C=O) groups excluding carboxylic acids is 1. The maximum absolute atomic E-state index is 12.4. The van der Waals surface area contributed by atoms with Gasteiger partial charge in [0.2, 0.25) is 0 Å². The lowest BCUT2D eigenvalue weighted by molar-refractivity contribution is 0.0731. The van der Waals surface area contributed by atoms with Crippen LogP contribution in [0.15, 0.2) is 36.7 Å². The summed E-state index contributed by atoms with van der Waals surface area (Å²) in [4.78, 5) is 17.9. The molecule has 2 heterocycles. The standard InChI is InChI=1S/C15H15N3O2/c16-12-2-1-10-4-6-18(9-11(10)7-12)15(20)13-3-5-17-8-14(13)19/h1-3,5,7-8,19H,4,6,9,16H2. The number of nitrogens with zero attached hydrogens (tertiary/aromatic N) is 2. The topological polar surface area (TPSA) is 79.5 Å². The second-order valence-corrected chi connectivity index (χ2v) is 4.90. The second-order valence-electron chi connectivity index (χ2n) is 4.90. The molecule has 1 aromatic heterocycles. The highest BCUT2D eigenvalue weighted by molar-refractivity contribution is 5.96.